The van der Waals surface area contributed by atoms with Crippen molar-refractivity contribution in [1.29, 1.82) is 0 Å². The van der Waals surface area contributed by atoms with E-state index in [4.69, 9.17) is 4.74 Å². The molecular weight excluding hydrogens is 445 g/mol. The molecule has 1 saturated heterocycles. The largest absolute Gasteiger partial charge is 0.472 e. The molecule has 6 rings (SSSR count). The predicted molar refractivity (Wildman–Crippen MR) is 116 cm³/mol. The Balaban J connectivity index is 1.26. The van der Waals surface area contributed by atoms with Crippen molar-refractivity contribution >= 4 is 5.91 Å². The molecule has 6 nitrogen and oxygen atoms in total. The van der Waals surface area contributed by atoms with Gasteiger partial charge in [-0.25, -0.2) is 4.98 Å². The van der Waals surface area contributed by atoms with Crippen LogP contribution in [0, 0.1) is 18.3 Å². The summed E-state index contributed by atoms with van der Waals surface area (Å²) in [4.78, 5) is 28.4. The highest BCUT2D eigenvalue weighted by Crippen LogP contribution is 2.71. The van der Waals surface area contributed by atoms with Crippen LogP contribution in [0.3, 0.4) is 0 Å². The Morgan fingerprint density at radius 2 is 1.97 bits per heavy atom. The molecule has 3 fully saturated rings. The first-order valence-electron chi connectivity index (χ1n) is 11.2. The maximum atomic E-state index is 13.7. The maximum Gasteiger partial charge on any atom is 0.417 e. The summed E-state index contributed by atoms with van der Waals surface area (Å²) in [6, 6.07) is 11.2. The second-order valence-electron chi connectivity index (χ2n) is 9.34. The topological polar surface area (TPSA) is 68.2 Å². The van der Waals surface area contributed by atoms with Gasteiger partial charge in [-0.15, -0.1) is 0 Å². The quantitative estimate of drug-likeness (QED) is 0.565. The number of likely N-dealkylation sites (tertiary alicyclic amines) is 1. The first-order valence-corrected chi connectivity index (χ1v) is 11.2. The first kappa shape index (κ1) is 21.1. The van der Waals surface area contributed by atoms with Crippen molar-refractivity contribution in [3.63, 3.8) is 0 Å². The molecule has 174 valence electrons. The van der Waals surface area contributed by atoms with Gasteiger partial charge in [0.1, 0.15) is 11.8 Å². The Bertz CT molecular complexity index is 1270. The minimum absolute atomic E-state index is 0.0511. The number of carbonyl (C=O) groups excluding carboxylic acids is 1. The summed E-state index contributed by atoms with van der Waals surface area (Å²) in [5.41, 5.74) is 1.68. The van der Waals surface area contributed by atoms with E-state index in [-0.39, 0.29) is 29.3 Å². The third-order valence-electron chi connectivity index (χ3n) is 7.32. The van der Waals surface area contributed by atoms with E-state index in [0.717, 1.165) is 30.8 Å². The van der Waals surface area contributed by atoms with Gasteiger partial charge < -0.3 is 9.64 Å². The Hall–Kier alpha value is -3.49. The fourth-order valence-electron chi connectivity index (χ4n) is 5.61. The fraction of sp³-hybridized carbons (Fsp3) is 0.360. The number of rotatable bonds is 4. The van der Waals surface area contributed by atoms with Gasteiger partial charge in [0, 0.05) is 36.1 Å². The summed E-state index contributed by atoms with van der Waals surface area (Å²) >= 11 is 0. The molecule has 1 amide bonds. The van der Waals surface area contributed by atoms with E-state index in [9.17, 15) is 18.0 Å². The molecule has 0 aromatic carbocycles. The SMILES string of the molecule is Cc1ccc(C(=O)N2CC3CC34CC(Oc3ccc(C(F)(F)F)cn3)C24)c(-c2ccccn2)n1. The van der Waals surface area contributed by atoms with Gasteiger partial charge in [0.2, 0.25) is 5.88 Å². The minimum atomic E-state index is -4.45. The van der Waals surface area contributed by atoms with Crippen LogP contribution in [0.25, 0.3) is 11.4 Å². The number of hydrogen-bond acceptors (Lipinski definition) is 5. The molecule has 0 bridgehead atoms. The first-order chi connectivity index (χ1) is 16.3. The molecule has 1 spiro atoms. The smallest absolute Gasteiger partial charge is 0.417 e. The third kappa shape index (κ3) is 3.25. The van der Waals surface area contributed by atoms with Gasteiger partial charge in [0.15, 0.2) is 0 Å². The van der Waals surface area contributed by atoms with Crippen LogP contribution in [-0.2, 0) is 6.18 Å². The molecular formula is C25H21F3N4O2. The Morgan fingerprint density at radius 3 is 2.68 bits per heavy atom. The van der Waals surface area contributed by atoms with Crippen molar-refractivity contribution < 1.29 is 22.7 Å². The lowest BCUT2D eigenvalue weighted by Crippen LogP contribution is -2.59. The molecule has 2 saturated carbocycles. The van der Waals surface area contributed by atoms with Crippen molar-refractivity contribution in [2.24, 2.45) is 11.3 Å². The second-order valence-corrected chi connectivity index (χ2v) is 9.34. The normalized spacial score (nSPS) is 26.9. The number of pyridine rings is 3. The van der Waals surface area contributed by atoms with E-state index in [1.807, 2.05) is 36.1 Å². The number of piperidine rings is 1. The van der Waals surface area contributed by atoms with E-state index in [1.165, 1.54) is 6.07 Å². The van der Waals surface area contributed by atoms with Crippen LogP contribution >= 0.6 is 0 Å². The van der Waals surface area contributed by atoms with Crippen LogP contribution < -0.4 is 4.74 Å². The molecule has 0 radical (unpaired) electrons. The van der Waals surface area contributed by atoms with Crippen LogP contribution in [-0.4, -0.2) is 44.4 Å². The van der Waals surface area contributed by atoms with E-state index in [0.29, 0.717) is 29.4 Å². The Morgan fingerprint density at radius 1 is 1.12 bits per heavy atom. The summed E-state index contributed by atoms with van der Waals surface area (Å²) in [5.74, 6) is 0.438. The number of aromatic nitrogens is 3. The molecule has 3 aromatic heterocycles. The van der Waals surface area contributed by atoms with Crippen molar-refractivity contribution in [2.45, 2.75) is 38.1 Å². The number of aryl methyl sites for hydroxylation is 1. The zero-order valence-electron chi connectivity index (χ0n) is 18.3. The number of ether oxygens (including phenoxy) is 1. The number of hydrogen-bond donors (Lipinski definition) is 0. The van der Waals surface area contributed by atoms with E-state index in [1.54, 1.807) is 12.3 Å². The fourth-order valence-corrected chi connectivity index (χ4v) is 5.61. The molecule has 1 aliphatic heterocycles. The molecule has 2 aliphatic carbocycles. The number of carbonyl (C=O) groups is 1. The summed E-state index contributed by atoms with van der Waals surface area (Å²) in [5, 5.41) is 0. The number of alkyl halides is 3. The summed E-state index contributed by atoms with van der Waals surface area (Å²) in [6.45, 7) is 2.51. The van der Waals surface area contributed by atoms with Crippen molar-refractivity contribution in [1.82, 2.24) is 19.9 Å². The van der Waals surface area contributed by atoms with Crippen LogP contribution in [0.5, 0.6) is 5.88 Å². The molecule has 4 atom stereocenters. The van der Waals surface area contributed by atoms with Gasteiger partial charge in [-0.3, -0.25) is 14.8 Å². The number of halogens is 3. The highest BCUT2D eigenvalue weighted by molar-refractivity contribution is 6.00. The highest BCUT2D eigenvalue weighted by atomic mass is 19.4. The molecule has 0 N–H and O–H groups in total. The lowest BCUT2D eigenvalue weighted by atomic mass is 9.73. The predicted octanol–water partition coefficient (Wildman–Crippen LogP) is 4.55. The van der Waals surface area contributed by atoms with Crippen LogP contribution in [0.2, 0.25) is 0 Å². The standard InChI is InChI=1S/C25H21F3N4O2/c1-14-5-7-17(21(31-14)18-4-2-3-9-29-18)23(33)32-13-16-10-24(16)11-19(22(24)32)34-20-8-6-15(12-30-20)25(26,27)28/h2-9,12,16,19,22H,10-11,13H2,1H3. The molecule has 4 heterocycles. The molecule has 3 aliphatic rings. The zero-order chi connectivity index (χ0) is 23.7. The monoisotopic (exact) mass is 466 g/mol. The third-order valence-corrected chi connectivity index (χ3v) is 7.32. The summed E-state index contributed by atoms with van der Waals surface area (Å²) in [6.07, 6.45) is -0.499. The van der Waals surface area contributed by atoms with Crippen LogP contribution in [0.1, 0.15) is 34.5 Å². The van der Waals surface area contributed by atoms with Crippen LogP contribution in [0.15, 0.2) is 54.9 Å². The van der Waals surface area contributed by atoms with E-state index in [2.05, 4.69) is 15.0 Å². The number of nitrogens with zero attached hydrogens (tertiary/aromatic N) is 4. The van der Waals surface area contributed by atoms with Gasteiger partial charge in [-0.2, -0.15) is 13.2 Å². The lowest BCUT2D eigenvalue weighted by Gasteiger charge is -2.47. The van der Waals surface area contributed by atoms with Gasteiger partial charge in [0.25, 0.3) is 5.91 Å². The second kappa shape index (κ2) is 7.25. The van der Waals surface area contributed by atoms with E-state index < -0.39 is 11.7 Å². The Labute approximate surface area is 193 Å². The van der Waals surface area contributed by atoms with Crippen molar-refractivity contribution in [3.05, 3.63) is 71.7 Å². The maximum absolute atomic E-state index is 13.7. The van der Waals surface area contributed by atoms with Crippen molar-refractivity contribution in [3.8, 4) is 17.3 Å². The van der Waals surface area contributed by atoms with Gasteiger partial charge in [-0.05, 0) is 56.0 Å². The molecule has 9 heteroatoms. The average Bonchev–Trinajstić information content (AvgIpc) is 3.47. The van der Waals surface area contributed by atoms with Gasteiger partial charge in [-0.1, -0.05) is 6.07 Å². The van der Waals surface area contributed by atoms with Crippen molar-refractivity contribution in [2.75, 3.05) is 6.54 Å². The minimum Gasteiger partial charge on any atom is -0.472 e. The summed E-state index contributed by atoms with van der Waals surface area (Å²) < 4.78 is 44.5. The number of amides is 1. The molecule has 34 heavy (non-hydrogen) atoms. The summed E-state index contributed by atoms with van der Waals surface area (Å²) in [7, 11) is 0. The molecule has 4 unspecified atom stereocenters. The van der Waals surface area contributed by atoms with Gasteiger partial charge in [0.05, 0.1) is 22.9 Å². The zero-order valence-corrected chi connectivity index (χ0v) is 18.3. The highest BCUT2D eigenvalue weighted by Gasteiger charge is 2.76. The molecule has 3 aromatic rings. The lowest BCUT2D eigenvalue weighted by molar-refractivity contribution is -0.137. The van der Waals surface area contributed by atoms with Gasteiger partial charge >= 0.3 is 6.18 Å². The average molecular weight is 466 g/mol. The van der Waals surface area contributed by atoms with E-state index >= 15 is 0 Å². The van der Waals surface area contributed by atoms with Crippen LogP contribution in [0.4, 0.5) is 13.2 Å². The Kier molecular flexibility index (Phi) is 4.49.